The molecule has 342 valence electrons. The number of aromatic nitrogens is 4. The number of amides is 4. The zero-order chi connectivity index (χ0) is 45.7. The van der Waals surface area contributed by atoms with E-state index in [2.05, 4.69) is 87.1 Å². The molecule has 4 N–H and O–H groups in total. The number of hydrogen-bond donors (Lipinski definition) is 4. The summed E-state index contributed by atoms with van der Waals surface area (Å²) in [7, 11) is 4.86. The highest BCUT2D eigenvalue weighted by atomic mass is 16.5. The SMILES string of the molecule is CCC(C)[C@H](NC(=O)OC)C(=O)N1CCC[C@H]1c1nc2ccc(-c3ccc(-c4ccc(-c5cnc([C@@H]6CCCN6C(=O)[C@@H](NC(=O)OC)C(C)C)[nH]5)cc4)c4c3C3CCC4N3C)cc2[nH]1. The number of H-pyrrole nitrogens is 2. The van der Waals surface area contributed by atoms with E-state index in [9.17, 15) is 19.2 Å². The number of rotatable bonds is 12. The van der Waals surface area contributed by atoms with Crippen molar-refractivity contribution in [1.29, 1.82) is 0 Å². The Bertz CT molecular complexity index is 2600. The molecule has 0 spiro atoms. The normalized spacial score (nSPS) is 21.7. The minimum Gasteiger partial charge on any atom is -0.453 e. The highest BCUT2D eigenvalue weighted by Gasteiger charge is 2.45. The van der Waals surface area contributed by atoms with E-state index in [0.29, 0.717) is 25.2 Å². The van der Waals surface area contributed by atoms with E-state index in [1.54, 1.807) is 0 Å². The molecule has 6 heterocycles. The third kappa shape index (κ3) is 8.01. The lowest BCUT2D eigenvalue weighted by atomic mass is 9.81. The van der Waals surface area contributed by atoms with Gasteiger partial charge in [-0.2, -0.15) is 0 Å². The molecule has 4 aliphatic heterocycles. The molecule has 7 atom stereocenters. The van der Waals surface area contributed by atoms with Crippen LogP contribution in [0.15, 0.2) is 60.8 Å². The molecule has 2 aromatic heterocycles. The van der Waals surface area contributed by atoms with Crippen LogP contribution in [-0.4, -0.2) is 105 Å². The van der Waals surface area contributed by atoms with Crippen LogP contribution in [0.1, 0.15) is 120 Å². The average Bonchev–Trinajstić information content (AvgIpc) is 4.20. The molecular formula is C50H61N9O6. The molecule has 3 fully saturated rings. The van der Waals surface area contributed by atoms with Crippen LogP contribution in [0.2, 0.25) is 0 Å². The van der Waals surface area contributed by atoms with Crippen LogP contribution in [-0.2, 0) is 19.1 Å². The van der Waals surface area contributed by atoms with Gasteiger partial charge >= 0.3 is 12.2 Å². The van der Waals surface area contributed by atoms with E-state index in [0.717, 1.165) is 90.0 Å². The van der Waals surface area contributed by atoms with Gasteiger partial charge in [0, 0.05) is 25.2 Å². The Balaban J connectivity index is 0.962. The Hall–Kier alpha value is -6.22. The van der Waals surface area contributed by atoms with Gasteiger partial charge in [-0.3, -0.25) is 14.5 Å². The summed E-state index contributed by atoms with van der Waals surface area (Å²) in [5.41, 5.74) is 11.2. The Morgan fingerprint density at radius 3 is 1.86 bits per heavy atom. The summed E-state index contributed by atoms with van der Waals surface area (Å²) in [6, 6.07) is 18.5. The van der Waals surface area contributed by atoms with Crippen molar-refractivity contribution in [2.24, 2.45) is 11.8 Å². The monoisotopic (exact) mass is 883 g/mol. The maximum Gasteiger partial charge on any atom is 0.407 e. The van der Waals surface area contributed by atoms with Crippen molar-refractivity contribution in [3.63, 3.8) is 0 Å². The average molecular weight is 884 g/mol. The van der Waals surface area contributed by atoms with Crippen LogP contribution < -0.4 is 10.6 Å². The van der Waals surface area contributed by atoms with Gasteiger partial charge in [-0.05, 0) is 108 Å². The molecule has 15 heteroatoms. The van der Waals surface area contributed by atoms with Gasteiger partial charge in [-0.1, -0.05) is 76.6 Å². The number of fused-ring (bicyclic) bond motifs is 6. The van der Waals surface area contributed by atoms with Crippen molar-refractivity contribution in [1.82, 2.24) is 45.3 Å². The number of nitrogens with one attached hydrogen (secondary N) is 4. The first-order valence-electron chi connectivity index (χ1n) is 23.2. The number of hydrogen-bond acceptors (Lipinski definition) is 9. The molecule has 2 bridgehead atoms. The highest BCUT2D eigenvalue weighted by Crippen LogP contribution is 2.57. The first kappa shape index (κ1) is 44.0. The predicted molar refractivity (Wildman–Crippen MR) is 247 cm³/mol. The lowest BCUT2D eigenvalue weighted by Crippen LogP contribution is -2.51. The standard InChI is InChI=1S/C50H61N9O6/c1-8-28(4)44(56-50(63)65-7)48(61)59-24-10-12-40(59)46-52-34-20-17-31(25-35(34)53-46)33-19-18-32(41-37-21-22-38(42(33)41)57(37)5)29-13-15-30(16-14-29)36-26-51-45(54-36)39-11-9-23-58(39)47(60)43(27(2)3)55-49(62)64-6/h13-20,25-28,37-40,43-44H,8-12,21-24H2,1-7H3,(H,51,54)(H,52,53)(H,55,62)(H,56,63)/t28?,37?,38?,39-,40-,43-,44-/m0/s1. The van der Waals surface area contributed by atoms with Gasteiger partial charge in [0.1, 0.15) is 23.7 Å². The molecule has 15 nitrogen and oxygen atoms in total. The Morgan fingerprint density at radius 2 is 1.26 bits per heavy atom. The van der Waals surface area contributed by atoms with Gasteiger partial charge in [0.15, 0.2) is 0 Å². The smallest absolute Gasteiger partial charge is 0.407 e. The van der Waals surface area contributed by atoms with Gasteiger partial charge in [-0.25, -0.2) is 19.6 Å². The summed E-state index contributed by atoms with van der Waals surface area (Å²) >= 11 is 0. The topological polar surface area (TPSA) is 178 Å². The minimum absolute atomic E-state index is 0.0584. The predicted octanol–water partition coefficient (Wildman–Crippen LogP) is 8.59. The number of benzene rings is 3. The fourth-order valence-corrected chi connectivity index (χ4v) is 10.9. The number of likely N-dealkylation sites (tertiary alicyclic amines) is 2. The number of aromatic amines is 2. The van der Waals surface area contributed by atoms with E-state index in [4.69, 9.17) is 19.4 Å². The maximum atomic E-state index is 14.0. The van der Waals surface area contributed by atoms with E-state index < -0.39 is 24.3 Å². The second kappa shape index (κ2) is 18.0. The van der Waals surface area contributed by atoms with Gasteiger partial charge in [0.25, 0.3) is 0 Å². The summed E-state index contributed by atoms with van der Waals surface area (Å²) in [5, 5.41) is 5.51. The van der Waals surface area contributed by atoms with E-state index >= 15 is 0 Å². The summed E-state index contributed by atoms with van der Waals surface area (Å²) in [5.74, 6) is 1.10. The fourth-order valence-electron chi connectivity index (χ4n) is 10.9. The number of ether oxygens (including phenoxy) is 2. The van der Waals surface area contributed by atoms with Gasteiger partial charge in [0.05, 0.1) is 49.2 Å². The lowest BCUT2D eigenvalue weighted by molar-refractivity contribution is -0.136. The first-order chi connectivity index (χ1) is 31.4. The molecule has 3 saturated heterocycles. The Labute approximate surface area is 380 Å². The number of imidazole rings is 2. The fraction of sp³-hybridized carbons (Fsp3) is 0.480. The molecule has 4 amide bonds. The maximum absolute atomic E-state index is 14.0. The molecular weight excluding hydrogens is 823 g/mol. The summed E-state index contributed by atoms with van der Waals surface area (Å²) < 4.78 is 9.66. The van der Waals surface area contributed by atoms with E-state index in [1.165, 1.54) is 36.5 Å². The van der Waals surface area contributed by atoms with Crippen LogP contribution in [0.4, 0.5) is 9.59 Å². The summed E-state index contributed by atoms with van der Waals surface area (Å²) in [4.78, 5) is 75.1. The van der Waals surface area contributed by atoms with Gasteiger partial charge < -0.3 is 39.9 Å². The molecule has 5 aromatic rings. The number of nitrogens with zero attached hydrogens (tertiary/aromatic N) is 5. The first-order valence-corrected chi connectivity index (χ1v) is 23.2. The molecule has 9 rings (SSSR count). The molecule has 0 radical (unpaired) electrons. The van der Waals surface area contributed by atoms with E-state index in [-0.39, 0.29) is 35.7 Å². The largest absolute Gasteiger partial charge is 0.453 e. The second-order valence-corrected chi connectivity index (χ2v) is 18.6. The van der Waals surface area contributed by atoms with Crippen LogP contribution in [0.3, 0.4) is 0 Å². The van der Waals surface area contributed by atoms with Crippen molar-refractivity contribution in [3.8, 4) is 33.5 Å². The minimum atomic E-state index is -0.690. The second-order valence-electron chi connectivity index (χ2n) is 18.6. The van der Waals surface area contributed by atoms with E-state index in [1.807, 2.05) is 43.7 Å². The third-order valence-electron chi connectivity index (χ3n) is 14.6. The van der Waals surface area contributed by atoms with Crippen LogP contribution >= 0.6 is 0 Å². The highest BCUT2D eigenvalue weighted by molar-refractivity contribution is 5.89. The van der Waals surface area contributed by atoms with Crippen molar-refractivity contribution < 1.29 is 28.7 Å². The molecule has 3 unspecified atom stereocenters. The summed E-state index contributed by atoms with van der Waals surface area (Å²) in [6.45, 7) is 9.02. The molecule has 3 aromatic carbocycles. The third-order valence-corrected chi connectivity index (χ3v) is 14.6. The number of alkyl carbamates (subject to hydrolysis) is 2. The quantitative estimate of drug-likeness (QED) is 0.0956. The number of carbonyl (C=O) groups is 4. The number of methoxy groups -OCH3 is 2. The zero-order valence-corrected chi connectivity index (χ0v) is 38.4. The number of carbonyl (C=O) groups excluding carboxylic acids is 4. The van der Waals surface area contributed by atoms with Gasteiger partial charge in [0.2, 0.25) is 11.8 Å². The molecule has 65 heavy (non-hydrogen) atoms. The van der Waals surface area contributed by atoms with Crippen LogP contribution in [0.25, 0.3) is 44.5 Å². The Kier molecular flexibility index (Phi) is 12.2. The Morgan fingerprint density at radius 1 is 0.708 bits per heavy atom. The lowest BCUT2D eigenvalue weighted by Gasteiger charge is -2.30. The van der Waals surface area contributed by atoms with Crippen molar-refractivity contribution in [3.05, 3.63) is 83.6 Å². The van der Waals surface area contributed by atoms with Crippen LogP contribution in [0, 0.1) is 11.8 Å². The molecule has 4 aliphatic rings. The van der Waals surface area contributed by atoms with Crippen molar-refractivity contribution in [2.45, 2.75) is 109 Å². The van der Waals surface area contributed by atoms with Crippen molar-refractivity contribution >= 4 is 35.0 Å². The molecule has 0 aliphatic carbocycles. The molecule has 0 saturated carbocycles. The van der Waals surface area contributed by atoms with Gasteiger partial charge in [-0.15, -0.1) is 0 Å². The van der Waals surface area contributed by atoms with Crippen molar-refractivity contribution in [2.75, 3.05) is 34.4 Å². The van der Waals surface area contributed by atoms with Crippen LogP contribution in [0.5, 0.6) is 0 Å². The zero-order valence-electron chi connectivity index (χ0n) is 38.4. The summed E-state index contributed by atoms with van der Waals surface area (Å²) in [6.07, 6.45) is 6.86.